The van der Waals surface area contributed by atoms with Crippen molar-refractivity contribution in [3.8, 4) is 0 Å². The lowest BCUT2D eigenvalue weighted by Crippen LogP contribution is -2.31. The SMILES string of the molecule is CC(C)NC(=O)SC1=CC(C(C)(C)O)CCC1. The van der Waals surface area contributed by atoms with Crippen LogP contribution >= 0.6 is 11.8 Å². The van der Waals surface area contributed by atoms with Crippen LogP contribution in [0.1, 0.15) is 47.0 Å². The van der Waals surface area contributed by atoms with Crippen molar-refractivity contribution in [3.63, 3.8) is 0 Å². The first-order valence-electron chi connectivity index (χ1n) is 6.20. The molecule has 1 rings (SSSR count). The molecule has 1 aliphatic carbocycles. The first-order chi connectivity index (χ1) is 7.79. The highest BCUT2D eigenvalue weighted by Gasteiger charge is 2.28. The van der Waals surface area contributed by atoms with Crippen LogP contribution in [-0.4, -0.2) is 22.0 Å². The van der Waals surface area contributed by atoms with E-state index in [1.54, 1.807) is 0 Å². The fourth-order valence-electron chi connectivity index (χ4n) is 1.91. The first-order valence-corrected chi connectivity index (χ1v) is 7.02. The number of hydrogen-bond acceptors (Lipinski definition) is 3. The van der Waals surface area contributed by atoms with Crippen molar-refractivity contribution in [2.75, 3.05) is 0 Å². The van der Waals surface area contributed by atoms with E-state index in [-0.39, 0.29) is 17.2 Å². The summed E-state index contributed by atoms with van der Waals surface area (Å²) in [7, 11) is 0. The maximum absolute atomic E-state index is 11.6. The molecule has 0 saturated carbocycles. The molecule has 0 saturated heterocycles. The summed E-state index contributed by atoms with van der Waals surface area (Å²) in [6.45, 7) is 7.56. The summed E-state index contributed by atoms with van der Waals surface area (Å²) in [5.41, 5.74) is -0.694. The fourth-order valence-corrected chi connectivity index (χ4v) is 2.93. The van der Waals surface area contributed by atoms with E-state index in [0.717, 1.165) is 24.2 Å². The molecule has 0 bridgehead atoms. The Bertz CT molecular complexity index is 305. The Hall–Kier alpha value is -0.480. The number of hydrogen-bond donors (Lipinski definition) is 2. The maximum Gasteiger partial charge on any atom is 0.283 e. The van der Waals surface area contributed by atoms with Gasteiger partial charge in [-0.15, -0.1) is 0 Å². The number of aliphatic hydroxyl groups is 1. The second-order valence-corrected chi connectivity index (χ2v) is 6.57. The van der Waals surface area contributed by atoms with Crippen LogP contribution in [0.4, 0.5) is 4.79 Å². The van der Waals surface area contributed by atoms with Crippen molar-refractivity contribution in [2.24, 2.45) is 5.92 Å². The van der Waals surface area contributed by atoms with Gasteiger partial charge in [-0.1, -0.05) is 6.08 Å². The lowest BCUT2D eigenvalue weighted by Gasteiger charge is -2.30. The molecule has 1 unspecified atom stereocenters. The number of carbonyl (C=O) groups excluding carboxylic acids is 1. The molecule has 0 radical (unpaired) electrons. The van der Waals surface area contributed by atoms with Gasteiger partial charge < -0.3 is 10.4 Å². The largest absolute Gasteiger partial charge is 0.390 e. The normalized spacial score (nSPS) is 21.3. The van der Waals surface area contributed by atoms with Gasteiger partial charge in [0.05, 0.1) is 5.60 Å². The minimum absolute atomic E-state index is 0.00245. The Morgan fingerprint density at radius 2 is 2.24 bits per heavy atom. The lowest BCUT2D eigenvalue weighted by atomic mass is 9.83. The predicted octanol–water partition coefficient (Wildman–Crippen LogP) is 3.29. The van der Waals surface area contributed by atoms with Crippen molar-refractivity contribution < 1.29 is 9.90 Å². The van der Waals surface area contributed by atoms with Gasteiger partial charge in [-0.05, 0) is 63.6 Å². The highest BCUT2D eigenvalue weighted by molar-refractivity contribution is 8.16. The zero-order valence-corrected chi connectivity index (χ0v) is 11.9. The second kappa shape index (κ2) is 5.91. The molecule has 0 aromatic carbocycles. The summed E-state index contributed by atoms with van der Waals surface area (Å²) >= 11 is 1.27. The third-order valence-electron chi connectivity index (χ3n) is 2.86. The minimum atomic E-state index is -0.694. The molecule has 3 nitrogen and oxygen atoms in total. The molecule has 1 amide bonds. The molecule has 1 aliphatic rings. The van der Waals surface area contributed by atoms with Gasteiger partial charge in [-0.3, -0.25) is 4.79 Å². The van der Waals surface area contributed by atoms with Crippen LogP contribution in [0, 0.1) is 5.92 Å². The second-order valence-electron chi connectivity index (χ2n) is 5.47. The number of thioether (sulfide) groups is 1. The lowest BCUT2D eigenvalue weighted by molar-refractivity contribution is 0.0311. The summed E-state index contributed by atoms with van der Waals surface area (Å²) in [5.74, 6) is 0.158. The number of carbonyl (C=O) groups is 1. The molecule has 0 spiro atoms. The molecular formula is C13H23NO2S. The van der Waals surface area contributed by atoms with Crippen molar-refractivity contribution >= 4 is 17.0 Å². The summed E-state index contributed by atoms with van der Waals surface area (Å²) in [4.78, 5) is 12.7. The van der Waals surface area contributed by atoms with Crippen molar-refractivity contribution in [1.82, 2.24) is 5.32 Å². The van der Waals surface area contributed by atoms with Crippen LogP contribution in [0.15, 0.2) is 11.0 Å². The predicted molar refractivity (Wildman–Crippen MR) is 73.0 cm³/mol. The van der Waals surface area contributed by atoms with Crippen LogP contribution in [0.25, 0.3) is 0 Å². The van der Waals surface area contributed by atoms with Crippen molar-refractivity contribution in [1.29, 1.82) is 0 Å². The molecule has 4 heteroatoms. The summed E-state index contributed by atoms with van der Waals surface area (Å²) in [5, 5.41) is 12.9. The average molecular weight is 257 g/mol. The van der Waals surface area contributed by atoms with E-state index >= 15 is 0 Å². The minimum Gasteiger partial charge on any atom is -0.390 e. The van der Waals surface area contributed by atoms with Gasteiger partial charge in [0.2, 0.25) is 0 Å². The van der Waals surface area contributed by atoms with Crippen molar-refractivity contribution in [3.05, 3.63) is 11.0 Å². The Morgan fingerprint density at radius 1 is 1.59 bits per heavy atom. The standard InChI is InChI=1S/C13H23NO2S/c1-9(2)14-12(15)17-11-7-5-6-10(8-11)13(3,4)16/h8-10,16H,5-7H2,1-4H3,(H,14,15). The highest BCUT2D eigenvalue weighted by Crippen LogP contribution is 2.35. The van der Waals surface area contributed by atoms with Gasteiger partial charge in [-0.25, -0.2) is 0 Å². The van der Waals surface area contributed by atoms with Crippen LogP contribution in [0.5, 0.6) is 0 Å². The molecule has 0 aromatic heterocycles. The molecule has 0 heterocycles. The monoisotopic (exact) mass is 257 g/mol. The van der Waals surface area contributed by atoms with Gasteiger partial charge in [0.15, 0.2) is 0 Å². The van der Waals surface area contributed by atoms with Gasteiger partial charge in [0.25, 0.3) is 5.24 Å². The summed E-state index contributed by atoms with van der Waals surface area (Å²) in [6.07, 6.45) is 5.05. The smallest absolute Gasteiger partial charge is 0.283 e. The van der Waals surface area contributed by atoms with Crippen LogP contribution < -0.4 is 5.32 Å². The molecule has 17 heavy (non-hydrogen) atoms. The summed E-state index contributed by atoms with van der Waals surface area (Å²) in [6, 6.07) is 0.171. The molecule has 0 aliphatic heterocycles. The Labute approximate surface area is 108 Å². The maximum atomic E-state index is 11.6. The van der Waals surface area contributed by atoms with E-state index < -0.39 is 5.60 Å². The Balaban J connectivity index is 2.59. The van der Waals surface area contributed by atoms with Gasteiger partial charge in [-0.2, -0.15) is 0 Å². The van der Waals surface area contributed by atoms with Crippen LogP contribution in [-0.2, 0) is 0 Å². The van der Waals surface area contributed by atoms with E-state index in [0.29, 0.717) is 0 Å². The van der Waals surface area contributed by atoms with Crippen LogP contribution in [0.3, 0.4) is 0 Å². The molecular weight excluding hydrogens is 234 g/mol. The van der Waals surface area contributed by atoms with Crippen LogP contribution in [0.2, 0.25) is 0 Å². The quantitative estimate of drug-likeness (QED) is 0.815. The summed E-state index contributed by atoms with van der Waals surface area (Å²) < 4.78 is 0. The Kier molecular flexibility index (Phi) is 5.07. The molecule has 0 aromatic rings. The van der Waals surface area contributed by atoms with Crippen molar-refractivity contribution in [2.45, 2.75) is 58.6 Å². The highest BCUT2D eigenvalue weighted by atomic mass is 32.2. The van der Waals surface area contributed by atoms with Gasteiger partial charge in [0.1, 0.15) is 0 Å². The van der Waals surface area contributed by atoms with E-state index in [1.807, 2.05) is 27.7 Å². The first kappa shape index (κ1) is 14.6. The topological polar surface area (TPSA) is 49.3 Å². The van der Waals surface area contributed by atoms with E-state index in [1.165, 1.54) is 11.8 Å². The number of nitrogens with one attached hydrogen (secondary N) is 1. The number of allylic oxidation sites excluding steroid dienone is 1. The zero-order valence-electron chi connectivity index (χ0n) is 11.1. The molecule has 2 N–H and O–H groups in total. The molecule has 98 valence electrons. The zero-order chi connectivity index (χ0) is 13.1. The Morgan fingerprint density at radius 3 is 2.76 bits per heavy atom. The van der Waals surface area contributed by atoms with Gasteiger partial charge in [0, 0.05) is 12.0 Å². The number of rotatable bonds is 3. The average Bonchev–Trinajstić information content (AvgIpc) is 2.15. The number of amides is 1. The third kappa shape index (κ3) is 5.13. The van der Waals surface area contributed by atoms with E-state index in [4.69, 9.17) is 0 Å². The van der Waals surface area contributed by atoms with E-state index in [2.05, 4.69) is 11.4 Å². The molecule has 1 atom stereocenters. The van der Waals surface area contributed by atoms with E-state index in [9.17, 15) is 9.90 Å². The fraction of sp³-hybridized carbons (Fsp3) is 0.769. The third-order valence-corrected chi connectivity index (χ3v) is 3.77. The molecule has 0 fully saturated rings. The van der Waals surface area contributed by atoms with Gasteiger partial charge >= 0.3 is 0 Å².